The van der Waals surface area contributed by atoms with Crippen molar-refractivity contribution < 1.29 is 48.8 Å². The summed E-state index contributed by atoms with van der Waals surface area (Å²) in [7, 11) is 0. The van der Waals surface area contributed by atoms with Crippen LogP contribution in [0, 0.1) is 36.0 Å². The smallest absolute Gasteiger partial charge is 0.407 e. The molecule has 0 unspecified atom stereocenters. The molecule has 0 spiro atoms. The van der Waals surface area contributed by atoms with E-state index in [1.54, 1.807) is 37.6 Å². The third kappa shape index (κ3) is 11.5. The number of carboxylic acid groups (broad SMARTS) is 1. The van der Waals surface area contributed by atoms with Crippen LogP contribution in [0.4, 0.5) is 4.79 Å². The van der Waals surface area contributed by atoms with E-state index in [2.05, 4.69) is 47.7 Å². The lowest BCUT2D eigenvalue weighted by atomic mass is 9.64. The lowest BCUT2D eigenvalue weighted by molar-refractivity contribution is -0.160. The number of rotatable bonds is 15. The second kappa shape index (κ2) is 20.2. The van der Waals surface area contributed by atoms with E-state index in [1.807, 2.05) is 31.2 Å². The second-order valence-electron chi connectivity index (χ2n) is 18.6. The summed E-state index contributed by atoms with van der Waals surface area (Å²) in [5.41, 5.74) is 4.96. The van der Waals surface area contributed by atoms with Gasteiger partial charge >= 0.3 is 12.1 Å². The summed E-state index contributed by atoms with van der Waals surface area (Å²) in [4.78, 5) is 74.1. The number of nitrogens with one attached hydrogen (secondary N) is 2. The third-order valence-corrected chi connectivity index (χ3v) is 13.7. The van der Waals surface area contributed by atoms with Crippen molar-refractivity contribution in [1.82, 2.24) is 25.4 Å². The molecule has 5 N–H and O–H groups in total. The minimum atomic E-state index is -1.09. The molecule has 3 heterocycles. The molecule has 0 saturated carbocycles. The van der Waals surface area contributed by atoms with Crippen LogP contribution in [0.25, 0.3) is 10.4 Å². The van der Waals surface area contributed by atoms with Crippen LogP contribution >= 0.6 is 11.3 Å². The van der Waals surface area contributed by atoms with Gasteiger partial charge in [-0.1, -0.05) is 77.1 Å². The number of aliphatic hydroxyl groups is 2. The fraction of sp³-hybridized carbons (Fsp3) is 0.609. The number of esters is 1. The molecule has 2 saturated heterocycles. The molecule has 338 valence electrons. The van der Waals surface area contributed by atoms with Crippen molar-refractivity contribution in [3.63, 3.8) is 0 Å². The maximum atomic E-state index is 14.1. The maximum Gasteiger partial charge on any atom is 0.407 e. The van der Waals surface area contributed by atoms with Gasteiger partial charge in [0.1, 0.15) is 24.8 Å². The van der Waals surface area contributed by atoms with Crippen LogP contribution in [0.5, 0.6) is 0 Å². The number of aryl methyl sites for hydroxylation is 1. The van der Waals surface area contributed by atoms with Gasteiger partial charge in [0, 0.05) is 44.4 Å². The topological polar surface area (TPSA) is 208 Å². The number of carbonyl (C=O) groups excluding carboxylic acids is 4. The summed E-state index contributed by atoms with van der Waals surface area (Å²) in [6, 6.07) is 5.46. The number of amides is 4. The van der Waals surface area contributed by atoms with E-state index in [-0.39, 0.29) is 74.9 Å². The highest BCUT2D eigenvalue weighted by molar-refractivity contribution is 7.13. The number of cyclic esters (lactones) is 1. The summed E-state index contributed by atoms with van der Waals surface area (Å²) < 4.78 is 11.3. The first-order valence-corrected chi connectivity index (χ1v) is 22.7. The van der Waals surface area contributed by atoms with E-state index in [9.17, 15) is 39.3 Å². The van der Waals surface area contributed by atoms with E-state index < -0.39 is 66.1 Å². The van der Waals surface area contributed by atoms with Gasteiger partial charge in [0.25, 0.3) is 0 Å². The minimum Gasteiger partial charge on any atom is -0.465 e. The van der Waals surface area contributed by atoms with E-state index in [1.165, 1.54) is 9.80 Å². The number of aromatic nitrogens is 1. The molecule has 1 aromatic carbocycles. The van der Waals surface area contributed by atoms with Crippen molar-refractivity contribution in [3.8, 4) is 10.4 Å². The largest absolute Gasteiger partial charge is 0.465 e. The number of likely N-dealkylation sites (tertiary alicyclic amines) is 1. The number of hydrogen-bond donors (Lipinski definition) is 5. The second-order valence-corrected chi connectivity index (χ2v) is 19.5. The molecule has 0 radical (unpaired) electrons. The molecule has 10 atom stereocenters. The van der Waals surface area contributed by atoms with Gasteiger partial charge < -0.3 is 45.2 Å². The SMILES string of the molecule is Cc1ncsc1-c1ccc(CNC(=O)[C@@H]2C[C@@H](O)CN2C(=O)[C@@H](NC(=O)COCCN(C(=O)O)[C@H]2C[C@@H](C)C=C3C=C[C@H](C)[C@H](CC[C@@H]4C[C@@H](O)CC(=O)O4)[C@H]32)C(C)(C)C)cc1. The Hall–Kier alpha value is -4.64. The number of carbonyl (C=O) groups is 5. The van der Waals surface area contributed by atoms with Crippen LogP contribution in [0.1, 0.15) is 84.4 Å². The third-order valence-electron chi connectivity index (χ3n) is 12.7. The number of thiazole rings is 1. The zero-order valence-electron chi connectivity index (χ0n) is 36.6. The van der Waals surface area contributed by atoms with Gasteiger partial charge in [0.05, 0.1) is 41.3 Å². The van der Waals surface area contributed by atoms with Crippen molar-refractivity contribution in [2.45, 2.75) is 123 Å². The number of benzene rings is 1. The van der Waals surface area contributed by atoms with Crippen LogP contribution in [0.15, 0.2) is 53.6 Å². The summed E-state index contributed by atoms with van der Waals surface area (Å²) in [6.45, 7) is 11.2. The quantitative estimate of drug-likeness (QED) is 0.121. The van der Waals surface area contributed by atoms with Gasteiger partial charge in [-0.05, 0) is 66.1 Å². The van der Waals surface area contributed by atoms with Crippen molar-refractivity contribution in [3.05, 3.63) is 64.8 Å². The maximum absolute atomic E-state index is 14.1. The van der Waals surface area contributed by atoms with Crippen LogP contribution in [-0.2, 0) is 35.2 Å². The first kappa shape index (κ1) is 46.9. The van der Waals surface area contributed by atoms with Crippen LogP contribution in [-0.4, -0.2) is 123 Å². The molecule has 62 heavy (non-hydrogen) atoms. The number of hydrogen-bond acceptors (Lipinski definition) is 11. The number of allylic oxidation sites excluding steroid dienone is 3. The number of aliphatic hydroxyl groups excluding tert-OH is 2. The number of β-amino-alcohol motifs (C(OH)–C–C–N with tert-alkyl or cyclic N) is 1. The fourth-order valence-electron chi connectivity index (χ4n) is 9.58. The Kier molecular flexibility index (Phi) is 15.3. The molecule has 0 bridgehead atoms. The molecule has 1 aromatic heterocycles. The highest BCUT2D eigenvalue weighted by Gasteiger charge is 2.46. The molecule has 2 aliphatic carbocycles. The van der Waals surface area contributed by atoms with Crippen molar-refractivity contribution in [2.75, 3.05) is 26.3 Å². The summed E-state index contributed by atoms with van der Waals surface area (Å²) in [5, 5.41) is 37.0. The Balaban J connectivity index is 1.03. The van der Waals surface area contributed by atoms with E-state index in [0.29, 0.717) is 25.7 Å². The number of fused-ring (bicyclic) bond motifs is 1. The van der Waals surface area contributed by atoms with E-state index >= 15 is 0 Å². The Bertz CT molecular complexity index is 1990. The Morgan fingerprint density at radius 1 is 1.06 bits per heavy atom. The van der Waals surface area contributed by atoms with Gasteiger partial charge in [-0.15, -0.1) is 11.3 Å². The summed E-state index contributed by atoms with van der Waals surface area (Å²) in [6.07, 6.45) is 5.64. The first-order chi connectivity index (χ1) is 29.4. The van der Waals surface area contributed by atoms with E-state index in [4.69, 9.17) is 9.47 Å². The Morgan fingerprint density at radius 2 is 1.81 bits per heavy atom. The van der Waals surface area contributed by atoms with Crippen molar-refractivity contribution in [1.29, 1.82) is 0 Å². The highest BCUT2D eigenvalue weighted by atomic mass is 32.1. The monoisotopic (exact) mass is 877 g/mol. The van der Waals surface area contributed by atoms with Crippen molar-refractivity contribution >= 4 is 41.1 Å². The molecule has 15 nitrogen and oxygen atoms in total. The first-order valence-electron chi connectivity index (χ1n) is 21.8. The van der Waals surface area contributed by atoms with Crippen LogP contribution in [0.2, 0.25) is 0 Å². The number of ether oxygens (including phenoxy) is 2. The van der Waals surface area contributed by atoms with Gasteiger partial charge in [-0.2, -0.15) is 0 Å². The molecule has 2 fully saturated rings. The standard InChI is InChI=1S/C46H63N5O10S/c1-26-17-31-10-7-27(2)35(14-13-34-19-32(52)21-39(55)61-34)40(31)36(18-26)50(45(58)59)15-16-60-24-38(54)49-42(46(4,5)6)44(57)51-23-33(53)20-37(51)43(56)47-22-29-8-11-30(12-9-29)41-28(3)48-25-62-41/h7-12,17,25-27,32-37,40,42,52-53H,13-16,18-24H2,1-6H3,(H,47,56)(H,49,54)(H,58,59)/t26-,27-,32+,33+,34+,35-,36-,37-,40-,42+/m0/s1. The van der Waals surface area contributed by atoms with Gasteiger partial charge in [0.15, 0.2) is 0 Å². The summed E-state index contributed by atoms with van der Waals surface area (Å²) in [5.74, 6) is -1.65. The molecule has 2 aliphatic heterocycles. The number of nitrogens with zero attached hydrogens (tertiary/aromatic N) is 3. The molecule has 6 rings (SSSR count). The lowest BCUT2D eigenvalue weighted by Gasteiger charge is -2.47. The Morgan fingerprint density at radius 3 is 2.47 bits per heavy atom. The van der Waals surface area contributed by atoms with Crippen molar-refractivity contribution in [2.24, 2.45) is 29.1 Å². The predicted octanol–water partition coefficient (Wildman–Crippen LogP) is 4.84. The highest BCUT2D eigenvalue weighted by Crippen LogP contribution is 2.46. The minimum absolute atomic E-state index is 0.00197. The van der Waals surface area contributed by atoms with Gasteiger partial charge in [0.2, 0.25) is 17.7 Å². The molecule has 4 amide bonds. The predicted molar refractivity (Wildman–Crippen MR) is 232 cm³/mol. The lowest BCUT2D eigenvalue weighted by Crippen LogP contribution is -2.58. The molecule has 16 heteroatoms. The van der Waals surface area contributed by atoms with Gasteiger partial charge in [-0.3, -0.25) is 19.2 Å². The van der Waals surface area contributed by atoms with E-state index in [0.717, 1.165) is 27.3 Å². The fourth-order valence-corrected chi connectivity index (χ4v) is 10.4. The average molecular weight is 878 g/mol. The normalized spacial score (nSPS) is 27.7. The summed E-state index contributed by atoms with van der Waals surface area (Å²) >= 11 is 1.56. The average Bonchev–Trinajstić information content (AvgIpc) is 3.82. The molecule has 4 aliphatic rings. The molecular weight excluding hydrogens is 815 g/mol. The molecule has 2 aromatic rings. The molecular formula is C46H63N5O10S. The van der Waals surface area contributed by atoms with Crippen LogP contribution in [0.3, 0.4) is 0 Å². The van der Waals surface area contributed by atoms with Crippen LogP contribution < -0.4 is 10.6 Å². The zero-order chi connectivity index (χ0) is 44.9. The Labute approximate surface area is 367 Å². The zero-order valence-corrected chi connectivity index (χ0v) is 37.4. The van der Waals surface area contributed by atoms with Gasteiger partial charge in [-0.25, -0.2) is 9.78 Å².